The summed E-state index contributed by atoms with van der Waals surface area (Å²) in [5.41, 5.74) is 5.41. The number of hydrogen-bond acceptors (Lipinski definition) is 7. The van der Waals surface area contributed by atoms with E-state index in [4.69, 9.17) is 15.6 Å². The summed E-state index contributed by atoms with van der Waals surface area (Å²) < 4.78 is 31.7. The molecule has 3 atom stereocenters. The van der Waals surface area contributed by atoms with Crippen LogP contribution in [0.3, 0.4) is 0 Å². The average molecular weight is 493 g/mol. The molecule has 6 N–H and O–H groups in total. The van der Waals surface area contributed by atoms with E-state index in [-0.39, 0.29) is 24.0 Å². The van der Waals surface area contributed by atoms with E-state index >= 15 is 0 Å². The zero-order chi connectivity index (χ0) is 22.6. The van der Waals surface area contributed by atoms with Crippen LogP contribution in [0.15, 0.2) is 0 Å². The van der Waals surface area contributed by atoms with Gasteiger partial charge in [0.25, 0.3) is 0 Å². The van der Waals surface area contributed by atoms with Crippen LogP contribution in [0.25, 0.3) is 0 Å². The van der Waals surface area contributed by atoms with Gasteiger partial charge in [0.05, 0.1) is 12.1 Å². The molecule has 0 aromatic heterocycles. The molecule has 14 heteroatoms. The third-order valence-corrected chi connectivity index (χ3v) is 8.06. The van der Waals surface area contributed by atoms with E-state index in [9.17, 15) is 22.8 Å². The molecule has 3 amide bonds. The number of fused-ring (bicyclic) bond motifs is 1. The molecule has 8 nitrogen and oxygen atoms in total. The number of aliphatic carboxylic acids is 1. The zero-order valence-electron chi connectivity index (χ0n) is 16.2. The minimum absolute atomic E-state index is 0.0350. The summed E-state index contributed by atoms with van der Waals surface area (Å²) in [7, 11) is 3.50. The molecular formula is C16H27F3N4O4S3. The van der Waals surface area contributed by atoms with Crippen LogP contribution in [0.5, 0.6) is 0 Å². The second-order valence-corrected chi connectivity index (χ2v) is 10.4. The molecule has 2 heterocycles. The van der Waals surface area contributed by atoms with Gasteiger partial charge in [-0.2, -0.15) is 24.9 Å². The molecule has 0 aliphatic carbocycles. The van der Waals surface area contributed by atoms with Crippen molar-refractivity contribution in [3.8, 4) is 0 Å². The zero-order valence-corrected chi connectivity index (χ0v) is 18.7. The highest BCUT2D eigenvalue weighted by molar-refractivity contribution is 8.76. The molecule has 2 fully saturated rings. The van der Waals surface area contributed by atoms with Gasteiger partial charge in [0.15, 0.2) is 0 Å². The number of carboxylic acids is 1. The van der Waals surface area contributed by atoms with Crippen LogP contribution in [0.4, 0.5) is 18.0 Å². The normalized spacial score (nSPS) is 22.4. The fraction of sp³-hybridized carbons (Fsp3) is 0.812. The Bertz CT molecular complexity index is 572. The Labute approximate surface area is 185 Å². The van der Waals surface area contributed by atoms with Crippen molar-refractivity contribution < 1.29 is 32.7 Å². The van der Waals surface area contributed by atoms with Crippen molar-refractivity contribution in [1.82, 2.24) is 16.0 Å². The predicted octanol–water partition coefficient (Wildman–Crippen LogP) is 1.80. The van der Waals surface area contributed by atoms with Gasteiger partial charge in [-0.3, -0.25) is 4.79 Å². The Morgan fingerprint density at radius 3 is 2.53 bits per heavy atom. The van der Waals surface area contributed by atoms with E-state index < -0.39 is 12.1 Å². The maximum absolute atomic E-state index is 11.7. The lowest BCUT2D eigenvalue weighted by molar-refractivity contribution is -0.192. The van der Waals surface area contributed by atoms with E-state index in [1.54, 1.807) is 21.6 Å². The Morgan fingerprint density at radius 1 is 1.23 bits per heavy atom. The molecule has 0 saturated carbocycles. The molecule has 2 saturated heterocycles. The van der Waals surface area contributed by atoms with Crippen LogP contribution < -0.4 is 21.7 Å². The molecule has 2 aliphatic rings. The summed E-state index contributed by atoms with van der Waals surface area (Å²) in [6, 6.07) is 0.520. The largest absolute Gasteiger partial charge is 0.490 e. The van der Waals surface area contributed by atoms with Gasteiger partial charge in [-0.25, -0.2) is 9.59 Å². The minimum atomic E-state index is -5.08. The fourth-order valence-electron chi connectivity index (χ4n) is 2.76. The highest BCUT2D eigenvalue weighted by atomic mass is 33.1. The number of carboxylic acid groups (broad SMARTS) is 1. The Balaban J connectivity index is 0.000000553. The van der Waals surface area contributed by atoms with Crippen LogP contribution in [-0.4, -0.2) is 76.9 Å². The lowest BCUT2D eigenvalue weighted by atomic mass is 10.0. The lowest BCUT2D eigenvalue weighted by Gasteiger charge is -2.16. The molecular weight excluding hydrogens is 465 g/mol. The minimum Gasteiger partial charge on any atom is -0.475 e. The number of unbranched alkanes of at least 4 members (excludes halogenated alkanes) is 1. The van der Waals surface area contributed by atoms with Crippen LogP contribution in [0, 0.1) is 0 Å². The number of hydrogen-bond donors (Lipinski definition) is 5. The van der Waals surface area contributed by atoms with Gasteiger partial charge >= 0.3 is 18.2 Å². The molecule has 0 unspecified atom stereocenters. The first-order valence-corrected chi connectivity index (χ1v) is 12.9. The van der Waals surface area contributed by atoms with E-state index in [0.717, 1.165) is 43.1 Å². The number of urea groups is 1. The number of amides is 3. The fourth-order valence-corrected chi connectivity index (χ4v) is 6.07. The summed E-state index contributed by atoms with van der Waals surface area (Å²) in [5, 5.41) is 16.5. The topological polar surface area (TPSA) is 134 Å². The number of carbonyl (C=O) groups is 3. The van der Waals surface area contributed by atoms with Crippen molar-refractivity contribution in [2.45, 2.75) is 49.2 Å². The van der Waals surface area contributed by atoms with Gasteiger partial charge in [0, 0.05) is 42.0 Å². The van der Waals surface area contributed by atoms with Crippen molar-refractivity contribution in [2.75, 3.05) is 30.3 Å². The van der Waals surface area contributed by atoms with E-state index in [2.05, 4.69) is 16.0 Å². The third kappa shape index (κ3) is 10.9. The standard InChI is InChI=1S/C14H26N4O2S3.C2HF3O2/c15-5-7-22-23-8-6-16-12(19)4-2-1-3-11-13-10(9-21-11)17-14(20)18-13;3-2(4,5)1(6)7/h10-11,13H,1-9,15H2,(H,16,19)(H2,17,18,20);(H,6,7)/t10-,11-,13-;/m0./s1. The van der Waals surface area contributed by atoms with Crippen LogP contribution in [0.2, 0.25) is 0 Å². The molecule has 2 rings (SSSR count). The molecule has 0 aromatic rings. The first-order valence-electron chi connectivity index (χ1n) is 9.35. The molecule has 174 valence electrons. The summed E-state index contributed by atoms with van der Waals surface area (Å²) in [6.45, 7) is 1.42. The summed E-state index contributed by atoms with van der Waals surface area (Å²) >= 11 is 1.93. The number of nitrogens with one attached hydrogen (secondary N) is 3. The molecule has 0 spiro atoms. The predicted molar refractivity (Wildman–Crippen MR) is 115 cm³/mol. The van der Waals surface area contributed by atoms with Crippen molar-refractivity contribution in [1.29, 1.82) is 0 Å². The van der Waals surface area contributed by atoms with Crippen molar-refractivity contribution >= 4 is 51.3 Å². The smallest absolute Gasteiger partial charge is 0.475 e. The van der Waals surface area contributed by atoms with Gasteiger partial charge in [0.1, 0.15) is 0 Å². The Kier molecular flexibility index (Phi) is 12.8. The van der Waals surface area contributed by atoms with Crippen molar-refractivity contribution in [3.63, 3.8) is 0 Å². The quantitative estimate of drug-likeness (QED) is 0.168. The van der Waals surface area contributed by atoms with Crippen LogP contribution >= 0.6 is 33.3 Å². The van der Waals surface area contributed by atoms with Gasteiger partial charge in [-0.05, 0) is 12.8 Å². The van der Waals surface area contributed by atoms with Crippen LogP contribution in [-0.2, 0) is 9.59 Å². The molecule has 0 bridgehead atoms. The number of alkyl halides is 3. The monoisotopic (exact) mass is 492 g/mol. The molecule has 0 radical (unpaired) electrons. The van der Waals surface area contributed by atoms with Gasteiger partial charge in [-0.1, -0.05) is 28.0 Å². The third-order valence-electron chi connectivity index (χ3n) is 4.12. The number of rotatable bonds is 11. The maximum Gasteiger partial charge on any atom is 0.490 e. The summed E-state index contributed by atoms with van der Waals surface area (Å²) in [4.78, 5) is 31.9. The second-order valence-electron chi connectivity index (χ2n) is 6.45. The SMILES string of the molecule is NCCSSCCNC(=O)CCCC[C@@H]1SC[C@@H]2NC(=O)N[C@@H]21.O=C(O)C(F)(F)F. The van der Waals surface area contributed by atoms with Crippen molar-refractivity contribution in [3.05, 3.63) is 0 Å². The lowest BCUT2D eigenvalue weighted by Crippen LogP contribution is -2.36. The van der Waals surface area contributed by atoms with Gasteiger partial charge < -0.3 is 26.8 Å². The summed E-state index contributed by atoms with van der Waals surface area (Å²) in [5.74, 6) is 0.254. The number of halogens is 3. The van der Waals surface area contributed by atoms with Gasteiger partial charge in [-0.15, -0.1) is 0 Å². The van der Waals surface area contributed by atoms with E-state index in [0.29, 0.717) is 18.2 Å². The number of nitrogens with two attached hydrogens (primary N) is 1. The average Bonchev–Trinajstić information content (AvgIpc) is 3.21. The van der Waals surface area contributed by atoms with E-state index in [1.165, 1.54) is 0 Å². The Hall–Kier alpha value is -0.990. The second kappa shape index (κ2) is 14.1. The summed E-state index contributed by atoms with van der Waals surface area (Å²) in [6.07, 6.45) is -1.48. The van der Waals surface area contributed by atoms with Crippen molar-refractivity contribution in [2.24, 2.45) is 5.73 Å². The molecule has 30 heavy (non-hydrogen) atoms. The molecule has 0 aromatic carbocycles. The first-order chi connectivity index (χ1) is 14.1. The number of carbonyl (C=O) groups excluding carboxylic acids is 2. The highest BCUT2D eigenvalue weighted by Crippen LogP contribution is 2.33. The first kappa shape index (κ1) is 27.0. The maximum atomic E-state index is 11.7. The van der Waals surface area contributed by atoms with Crippen LogP contribution in [0.1, 0.15) is 25.7 Å². The number of thioether (sulfide) groups is 1. The Morgan fingerprint density at radius 2 is 1.90 bits per heavy atom. The highest BCUT2D eigenvalue weighted by Gasteiger charge is 2.42. The van der Waals surface area contributed by atoms with Gasteiger partial charge in [0.2, 0.25) is 5.91 Å². The molecule has 2 aliphatic heterocycles. The van der Waals surface area contributed by atoms with E-state index in [1.807, 2.05) is 11.8 Å².